The number of carbonyl (C=O) groups is 1. The standard InChI is InChI=1S/C20H18N2O3/c1-14(22-9-8-15-4-2-3-5-16(15)13-22)20(23)21-17-6-7-18-19(12-17)25-11-10-24-18/h2-9,12-14H,10-11H2,1H3/p+1/t14-/m0/s1. The van der Waals surface area contributed by atoms with E-state index in [0.29, 0.717) is 30.4 Å². The van der Waals surface area contributed by atoms with E-state index in [2.05, 4.69) is 11.4 Å². The minimum absolute atomic E-state index is 0.0861. The predicted molar refractivity (Wildman–Crippen MR) is 94.9 cm³/mol. The molecule has 1 atom stereocenters. The van der Waals surface area contributed by atoms with Gasteiger partial charge in [-0.3, -0.25) is 4.79 Å². The summed E-state index contributed by atoms with van der Waals surface area (Å²) >= 11 is 0. The van der Waals surface area contributed by atoms with Crippen molar-refractivity contribution in [3.63, 3.8) is 0 Å². The van der Waals surface area contributed by atoms with Crippen LogP contribution in [0.3, 0.4) is 0 Å². The minimum atomic E-state index is -0.335. The Labute approximate surface area is 145 Å². The quantitative estimate of drug-likeness (QED) is 0.748. The van der Waals surface area contributed by atoms with Crippen LogP contribution in [0.15, 0.2) is 60.9 Å². The van der Waals surface area contributed by atoms with E-state index in [4.69, 9.17) is 9.47 Å². The van der Waals surface area contributed by atoms with Crippen LogP contribution in [0.4, 0.5) is 5.69 Å². The Hall–Kier alpha value is -3.08. The molecule has 4 rings (SSSR count). The lowest BCUT2D eigenvalue weighted by atomic mass is 10.1. The van der Waals surface area contributed by atoms with E-state index >= 15 is 0 Å². The molecule has 0 spiro atoms. The maximum absolute atomic E-state index is 12.6. The third-order valence-corrected chi connectivity index (χ3v) is 4.35. The summed E-state index contributed by atoms with van der Waals surface area (Å²) in [6.45, 7) is 2.95. The molecule has 126 valence electrons. The van der Waals surface area contributed by atoms with Gasteiger partial charge in [-0.05, 0) is 23.6 Å². The Morgan fingerprint density at radius 2 is 1.80 bits per heavy atom. The SMILES string of the molecule is C[C@@H](C(=O)Nc1ccc2c(c1)OCCO2)[n+]1ccc2ccccc2c1. The van der Waals surface area contributed by atoms with Gasteiger partial charge in [0.1, 0.15) is 13.2 Å². The van der Waals surface area contributed by atoms with Crippen LogP contribution in [0.5, 0.6) is 11.5 Å². The fourth-order valence-corrected chi connectivity index (χ4v) is 2.89. The first kappa shape index (κ1) is 15.4. The third-order valence-electron chi connectivity index (χ3n) is 4.35. The Morgan fingerprint density at radius 3 is 2.64 bits per heavy atom. The summed E-state index contributed by atoms with van der Waals surface area (Å²) in [5.74, 6) is 1.29. The van der Waals surface area contributed by atoms with Crippen molar-refractivity contribution in [2.24, 2.45) is 0 Å². The molecule has 0 saturated carbocycles. The second kappa shape index (κ2) is 6.43. The summed E-state index contributed by atoms with van der Waals surface area (Å²) in [6, 6.07) is 15.2. The van der Waals surface area contributed by atoms with Crippen molar-refractivity contribution in [3.8, 4) is 11.5 Å². The Kier molecular flexibility index (Phi) is 3.98. The molecule has 1 aliphatic rings. The van der Waals surface area contributed by atoms with Crippen LogP contribution in [0, 0.1) is 0 Å². The number of carbonyl (C=O) groups excluding carboxylic acids is 1. The van der Waals surface area contributed by atoms with E-state index in [-0.39, 0.29) is 11.9 Å². The van der Waals surface area contributed by atoms with Crippen molar-refractivity contribution in [1.29, 1.82) is 0 Å². The molecule has 5 nitrogen and oxygen atoms in total. The van der Waals surface area contributed by atoms with E-state index in [9.17, 15) is 4.79 Å². The fraction of sp³-hybridized carbons (Fsp3) is 0.200. The summed E-state index contributed by atoms with van der Waals surface area (Å²) in [4.78, 5) is 12.6. The number of fused-ring (bicyclic) bond motifs is 2. The normalized spacial score (nSPS) is 14.1. The summed E-state index contributed by atoms with van der Waals surface area (Å²) in [5, 5.41) is 5.20. The highest BCUT2D eigenvalue weighted by Gasteiger charge is 2.23. The Balaban J connectivity index is 1.53. The van der Waals surface area contributed by atoms with E-state index in [1.165, 1.54) is 0 Å². The lowest BCUT2D eigenvalue weighted by Gasteiger charge is -2.19. The second-order valence-electron chi connectivity index (χ2n) is 6.04. The van der Waals surface area contributed by atoms with Crippen LogP contribution in [0.1, 0.15) is 13.0 Å². The first-order valence-electron chi connectivity index (χ1n) is 8.31. The lowest BCUT2D eigenvalue weighted by molar-refractivity contribution is -0.704. The molecule has 0 aliphatic carbocycles. The summed E-state index contributed by atoms with van der Waals surface area (Å²) in [7, 11) is 0. The smallest absolute Gasteiger partial charge is 0.293 e. The summed E-state index contributed by atoms with van der Waals surface area (Å²) in [5.41, 5.74) is 0.697. The molecule has 25 heavy (non-hydrogen) atoms. The topological polar surface area (TPSA) is 51.4 Å². The number of pyridine rings is 1. The highest BCUT2D eigenvalue weighted by atomic mass is 16.6. The van der Waals surface area contributed by atoms with Crippen LogP contribution in [0.25, 0.3) is 10.8 Å². The molecule has 3 aromatic rings. The Morgan fingerprint density at radius 1 is 1.04 bits per heavy atom. The van der Waals surface area contributed by atoms with Crippen LogP contribution in [-0.4, -0.2) is 19.1 Å². The molecule has 0 radical (unpaired) electrons. The number of amides is 1. The van der Waals surface area contributed by atoms with Crippen molar-refractivity contribution in [2.45, 2.75) is 13.0 Å². The fourth-order valence-electron chi connectivity index (χ4n) is 2.89. The lowest BCUT2D eigenvalue weighted by Crippen LogP contribution is -2.44. The number of hydrogen-bond donors (Lipinski definition) is 1. The molecule has 5 heteroatoms. The number of ether oxygens (including phenoxy) is 2. The summed E-state index contributed by atoms with van der Waals surface area (Å²) in [6.07, 6.45) is 3.92. The Bertz CT molecular complexity index is 939. The maximum Gasteiger partial charge on any atom is 0.293 e. The van der Waals surface area contributed by atoms with Crippen molar-refractivity contribution in [3.05, 3.63) is 60.9 Å². The average Bonchev–Trinajstić information content (AvgIpc) is 2.67. The zero-order valence-corrected chi connectivity index (χ0v) is 13.9. The largest absolute Gasteiger partial charge is 0.486 e. The van der Waals surface area contributed by atoms with Crippen molar-refractivity contribution < 1.29 is 18.8 Å². The van der Waals surface area contributed by atoms with Crippen LogP contribution < -0.4 is 19.4 Å². The van der Waals surface area contributed by atoms with Gasteiger partial charge in [0.25, 0.3) is 5.91 Å². The number of anilines is 1. The molecule has 1 amide bonds. The number of nitrogens with one attached hydrogen (secondary N) is 1. The van der Waals surface area contributed by atoms with Gasteiger partial charge in [-0.15, -0.1) is 0 Å². The molecule has 1 aromatic heterocycles. The molecule has 2 aromatic carbocycles. The monoisotopic (exact) mass is 335 g/mol. The van der Waals surface area contributed by atoms with Gasteiger partial charge in [0.2, 0.25) is 6.04 Å². The number of nitrogens with zero attached hydrogens (tertiary/aromatic N) is 1. The zero-order chi connectivity index (χ0) is 17.2. The van der Waals surface area contributed by atoms with Gasteiger partial charge < -0.3 is 14.8 Å². The molecule has 0 unspecified atom stereocenters. The highest BCUT2D eigenvalue weighted by molar-refractivity contribution is 5.92. The zero-order valence-electron chi connectivity index (χ0n) is 13.9. The number of benzene rings is 2. The van der Waals surface area contributed by atoms with Crippen LogP contribution in [-0.2, 0) is 4.79 Å². The molecule has 2 heterocycles. The summed E-state index contributed by atoms with van der Waals surface area (Å²) < 4.78 is 13.0. The van der Waals surface area contributed by atoms with Crippen LogP contribution >= 0.6 is 0 Å². The van der Waals surface area contributed by atoms with Crippen LogP contribution in [0.2, 0.25) is 0 Å². The molecular formula is C20H19N2O3+. The molecular weight excluding hydrogens is 316 g/mol. The molecule has 0 fully saturated rings. The first-order valence-corrected chi connectivity index (χ1v) is 8.31. The van der Waals surface area contributed by atoms with Gasteiger partial charge in [-0.1, -0.05) is 18.2 Å². The maximum atomic E-state index is 12.6. The molecule has 0 bridgehead atoms. The molecule has 1 N–H and O–H groups in total. The van der Waals surface area contributed by atoms with Gasteiger partial charge in [0, 0.05) is 30.1 Å². The van der Waals surface area contributed by atoms with Gasteiger partial charge in [-0.2, -0.15) is 4.57 Å². The van der Waals surface area contributed by atoms with E-state index < -0.39 is 0 Å². The predicted octanol–water partition coefficient (Wildman–Crippen LogP) is 3.10. The second-order valence-corrected chi connectivity index (χ2v) is 6.04. The van der Waals surface area contributed by atoms with Crippen molar-refractivity contribution in [1.82, 2.24) is 0 Å². The van der Waals surface area contributed by atoms with Gasteiger partial charge in [0.15, 0.2) is 23.9 Å². The minimum Gasteiger partial charge on any atom is -0.486 e. The number of hydrogen-bond acceptors (Lipinski definition) is 3. The van der Waals surface area contributed by atoms with Crippen molar-refractivity contribution in [2.75, 3.05) is 18.5 Å². The number of rotatable bonds is 3. The third kappa shape index (κ3) is 3.13. The van der Waals surface area contributed by atoms with Gasteiger partial charge in [-0.25, -0.2) is 0 Å². The highest BCUT2D eigenvalue weighted by Crippen LogP contribution is 2.32. The molecule has 0 saturated heterocycles. The molecule has 1 aliphatic heterocycles. The van der Waals surface area contributed by atoms with Crippen molar-refractivity contribution >= 4 is 22.4 Å². The van der Waals surface area contributed by atoms with Gasteiger partial charge in [0.05, 0.1) is 0 Å². The first-order chi connectivity index (χ1) is 12.2. The average molecular weight is 335 g/mol. The van der Waals surface area contributed by atoms with Gasteiger partial charge >= 0.3 is 0 Å². The van der Waals surface area contributed by atoms with E-state index in [1.54, 1.807) is 6.07 Å². The van der Waals surface area contributed by atoms with E-state index in [0.717, 1.165) is 10.8 Å². The van der Waals surface area contributed by atoms with E-state index in [1.807, 2.05) is 60.3 Å². The number of aromatic nitrogens is 1.